The third-order valence-corrected chi connectivity index (χ3v) is 1.46. The Hall–Kier alpha value is -1.31. The Balaban J connectivity index is 0.000000671. The fraction of sp³-hybridized carbons (Fsp3) is 0.364. The zero-order valence-electron chi connectivity index (χ0n) is 8.79. The van der Waals surface area contributed by atoms with Crippen LogP contribution in [-0.4, -0.2) is 5.16 Å². The first-order chi connectivity index (χ1) is 6.29. The highest BCUT2D eigenvalue weighted by atomic mass is 16.5. The monoisotopic (exact) mass is 179 g/mol. The van der Waals surface area contributed by atoms with Crippen LogP contribution in [0.25, 0.3) is 12.2 Å². The number of aromatic nitrogens is 1. The minimum Gasteiger partial charge on any atom is -0.356 e. The molecule has 0 fully saturated rings. The van der Waals surface area contributed by atoms with Gasteiger partial charge in [0.1, 0.15) is 0 Å². The van der Waals surface area contributed by atoms with Crippen molar-refractivity contribution >= 4 is 12.2 Å². The van der Waals surface area contributed by atoms with E-state index in [1.807, 2.05) is 39.8 Å². The van der Waals surface area contributed by atoms with Gasteiger partial charge in [0.2, 0.25) is 0 Å². The standard InChI is InChI=1S/C9H11NO.C2H6/c1-4-6-9-8(5-2)7(3)10-11-9;1-2/h4-6H,2H2,1,3H3;1-2H3/b6-4-;. The second kappa shape index (κ2) is 6.23. The number of hydrogen-bond donors (Lipinski definition) is 0. The highest BCUT2D eigenvalue weighted by Crippen LogP contribution is 2.15. The van der Waals surface area contributed by atoms with E-state index < -0.39 is 0 Å². The summed E-state index contributed by atoms with van der Waals surface area (Å²) < 4.78 is 5.02. The van der Waals surface area contributed by atoms with Crippen molar-refractivity contribution in [3.8, 4) is 0 Å². The van der Waals surface area contributed by atoms with Crippen LogP contribution in [0.5, 0.6) is 0 Å². The Morgan fingerprint density at radius 1 is 1.38 bits per heavy atom. The van der Waals surface area contributed by atoms with Gasteiger partial charge in [-0.05, 0) is 19.9 Å². The minimum atomic E-state index is 0.778. The number of allylic oxidation sites excluding steroid dienone is 1. The van der Waals surface area contributed by atoms with Crippen molar-refractivity contribution in [2.45, 2.75) is 27.7 Å². The van der Waals surface area contributed by atoms with Gasteiger partial charge in [0.15, 0.2) is 5.76 Å². The molecule has 0 unspecified atom stereocenters. The zero-order valence-corrected chi connectivity index (χ0v) is 8.79. The molecule has 13 heavy (non-hydrogen) atoms. The molecule has 0 radical (unpaired) electrons. The van der Waals surface area contributed by atoms with Gasteiger partial charge < -0.3 is 4.52 Å². The van der Waals surface area contributed by atoms with Crippen LogP contribution < -0.4 is 0 Å². The summed E-state index contributed by atoms with van der Waals surface area (Å²) in [5.74, 6) is 0.778. The number of hydrogen-bond acceptors (Lipinski definition) is 2. The van der Waals surface area contributed by atoms with Crippen LogP contribution >= 0.6 is 0 Å². The van der Waals surface area contributed by atoms with Crippen molar-refractivity contribution in [3.05, 3.63) is 29.7 Å². The van der Waals surface area contributed by atoms with Gasteiger partial charge in [0, 0.05) is 5.56 Å². The Morgan fingerprint density at radius 2 is 2.00 bits per heavy atom. The van der Waals surface area contributed by atoms with E-state index in [2.05, 4.69) is 11.7 Å². The van der Waals surface area contributed by atoms with E-state index in [1.54, 1.807) is 6.08 Å². The van der Waals surface area contributed by atoms with Crippen molar-refractivity contribution in [1.29, 1.82) is 0 Å². The number of aryl methyl sites for hydroxylation is 1. The van der Waals surface area contributed by atoms with Gasteiger partial charge in [-0.25, -0.2) is 0 Å². The van der Waals surface area contributed by atoms with Crippen molar-refractivity contribution in [2.75, 3.05) is 0 Å². The number of rotatable bonds is 2. The van der Waals surface area contributed by atoms with Crippen LogP contribution in [0.1, 0.15) is 37.8 Å². The second-order valence-corrected chi connectivity index (χ2v) is 2.25. The lowest BCUT2D eigenvalue weighted by Gasteiger charge is -1.86. The van der Waals surface area contributed by atoms with Gasteiger partial charge in [-0.1, -0.05) is 37.7 Å². The molecule has 1 aromatic heterocycles. The van der Waals surface area contributed by atoms with Crippen LogP contribution in [0.2, 0.25) is 0 Å². The quantitative estimate of drug-likeness (QED) is 0.692. The van der Waals surface area contributed by atoms with E-state index in [0.29, 0.717) is 0 Å². The molecule has 0 atom stereocenters. The van der Waals surface area contributed by atoms with E-state index in [-0.39, 0.29) is 0 Å². The van der Waals surface area contributed by atoms with Crippen LogP contribution in [-0.2, 0) is 0 Å². The Bertz CT molecular complexity index is 284. The largest absolute Gasteiger partial charge is 0.356 e. The maximum atomic E-state index is 5.02. The zero-order chi connectivity index (χ0) is 10.3. The van der Waals surface area contributed by atoms with Crippen molar-refractivity contribution in [3.63, 3.8) is 0 Å². The molecular formula is C11H17NO. The van der Waals surface area contributed by atoms with E-state index >= 15 is 0 Å². The van der Waals surface area contributed by atoms with E-state index in [4.69, 9.17) is 4.52 Å². The summed E-state index contributed by atoms with van der Waals surface area (Å²) in [7, 11) is 0. The Labute approximate surface area is 79.9 Å². The summed E-state index contributed by atoms with van der Waals surface area (Å²) in [6.07, 6.45) is 5.53. The van der Waals surface area contributed by atoms with Gasteiger partial charge in [-0.15, -0.1) is 0 Å². The first kappa shape index (κ1) is 11.7. The molecule has 0 aliphatic carbocycles. The highest BCUT2D eigenvalue weighted by Gasteiger charge is 2.04. The lowest BCUT2D eigenvalue weighted by atomic mass is 10.2. The molecular weight excluding hydrogens is 162 g/mol. The molecule has 0 N–H and O–H groups in total. The normalized spacial score (nSPS) is 9.54. The summed E-state index contributed by atoms with van der Waals surface area (Å²) in [6, 6.07) is 0. The molecule has 2 heteroatoms. The van der Waals surface area contributed by atoms with Crippen LogP contribution in [0, 0.1) is 6.92 Å². The third kappa shape index (κ3) is 2.90. The summed E-state index contributed by atoms with van der Waals surface area (Å²) in [6.45, 7) is 11.5. The summed E-state index contributed by atoms with van der Waals surface area (Å²) in [5, 5.41) is 3.81. The van der Waals surface area contributed by atoms with Gasteiger partial charge in [0.25, 0.3) is 0 Å². The fourth-order valence-electron chi connectivity index (χ4n) is 0.914. The molecule has 72 valence electrons. The van der Waals surface area contributed by atoms with Gasteiger partial charge in [0.05, 0.1) is 5.69 Å². The molecule has 0 saturated carbocycles. The topological polar surface area (TPSA) is 26.0 Å². The molecule has 1 aromatic rings. The average Bonchev–Trinajstić information content (AvgIpc) is 2.51. The minimum absolute atomic E-state index is 0.778. The SMILES string of the molecule is C=Cc1c(C)noc1/C=C\C.CC. The summed E-state index contributed by atoms with van der Waals surface area (Å²) >= 11 is 0. The summed E-state index contributed by atoms with van der Waals surface area (Å²) in [4.78, 5) is 0. The molecule has 1 rings (SSSR count). The first-order valence-electron chi connectivity index (χ1n) is 4.51. The maximum absolute atomic E-state index is 5.02. The predicted octanol–water partition coefficient (Wildman–Crippen LogP) is 3.69. The van der Waals surface area contributed by atoms with Crippen molar-refractivity contribution in [1.82, 2.24) is 5.16 Å². The molecule has 0 aromatic carbocycles. The lowest BCUT2D eigenvalue weighted by molar-refractivity contribution is 0.408. The molecule has 0 saturated heterocycles. The van der Waals surface area contributed by atoms with Gasteiger partial charge >= 0.3 is 0 Å². The maximum Gasteiger partial charge on any atom is 0.166 e. The molecule has 0 aliphatic rings. The van der Waals surface area contributed by atoms with Gasteiger partial charge in [-0.2, -0.15) is 0 Å². The fourth-order valence-corrected chi connectivity index (χ4v) is 0.914. The van der Waals surface area contributed by atoms with Crippen LogP contribution in [0.4, 0.5) is 0 Å². The van der Waals surface area contributed by atoms with Gasteiger partial charge in [-0.3, -0.25) is 0 Å². The van der Waals surface area contributed by atoms with Crippen LogP contribution in [0.15, 0.2) is 17.2 Å². The van der Waals surface area contributed by atoms with Crippen LogP contribution in [0.3, 0.4) is 0 Å². The van der Waals surface area contributed by atoms with E-state index in [0.717, 1.165) is 17.0 Å². The highest BCUT2D eigenvalue weighted by molar-refractivity contribution is 5.61. The molecule has 1 heterocycles. The smallest absolute Gasteiger partial charge is 0.166 e. The predicted molar refractivity (Wildman–Crippen MR) is 57.4 cm³/mol. The molecule has 0 aliphatic heterocycles. The third-order valence-electron chi connectivity index (χ3n) is 1.46. The first-order valence-corrected chi connectivity index (χ1v) is 4.51. The molecule has 2 nitrogen and oxygen atoms in total. The molecule has 0 amide bonds. The molecule has 0 bridgehead atoms. The Kier molecular flexibility index (Phi) is 5.60. The molecule has 0 spiro atoms. The second-order valence-electron chi connectivity index (χ2n) is 2.25. The van der Waals surface area contributed by atoms with Crippen molar-refractivity contribution in [2.24, 2.45) is 0 Å². The Morgan fingerprint density at radius 3 is 2.46 bits per heavy atom. The average molecular weight is 179 g/mol. The number of nitrogens with zero attached hydrogens (tertiary/aromatic N) is 1. The van der Waals surface area contributed by atoms with E-state index in [1.165, 1.54) is 0 Å². The summed E-state index contributed by atoms with van der Waals surface area (Å²) in [5.41, 5.74) is 1.86. The lowest BCUT2D eigenvalue weighted by Crippen LogP contribution is -1.74. The van der Waals surface area contributed by atoms with Crippen molar-refractivity contribution < 1.29 is 4.52 Å². The van der Waals surface area contributed by atoms with E-state index in [9.17, 15) is 0 Å².